The molecule has 0 aliphatic carbocycles. The van der Waals surface area contributed by atoms with Crippen molar-refractivity contribution >= 4 is 26.7 Å². The Morgan fingerprint density at radius 3 is 2.31 bits per heavy atom. The highest BCUT2D eigenvalue weighted by molar-refractivity contribution is 7.89. The fraction of sp³-hybridized carbons (Fsp3) is 0.429. The molecule has 4 N–H and O–H groups in total. The van der Waals surface area contributed by atoms with E-state index in [0.29, 0.717) is 19.4 Å². The minimum Gasteiger partial charge on any atom is -0.348 e. The highest BCUT2D eigenvalue weighted by Crippen LogP contribution is 2.24. The monoisotopic (exact) mass is 632 g/mol. The molecule has 0 saturated heterocycles. The van der Waals surface area contributed by atoms with Crippen LogP contribution in [0.15, 0.2) is 84.0 Å². The predicted octanol–water partition coefficient (Wildman–Crippen LogP) is 5.84. The summed E-state index contributed by atoms with van der Waals surface area (Å²) in [7, 11) is -3.95. The lowest BCUT2D eigenvalue weighted by Gasteiger charge is -2.25. The van der Waals surface area contributed by atoms with E-state index < -0.39 is 16.1 Å². The molecule has 0 spiro atoms. The van der Waals surface area contributed by atoms with Gasteiger partial charge in [0.25, 0.3) is 0 Å². The fourth-order valence-corrected chi connectivity index (χ4v) is 6.90. The maximum absolute atomic E-state index is 13.7. The molecule has 0 fully saturated rings. The Balaban J connectivity index is 1.46. The quantitative estimate of drug-likeness (QED) is 0.109. The normalized spacial score (nSPS) is 14.0. The van der Waals surface area contributed by atoms with Crippen LogP contribution >= 0.6 is 0 Å². The lowest BCUT2D eigenvalue weighted by atomic mass is 9.99. The first-order valence-corrected chi connectivity index (χ1v) is 17.5. The average molecular weight is 633 g/mol. The number of aromatic amines is 1. The van der Waals surface area contributed by atoms with E-state index in [9.17, 15) is 13.2 Å². The zero-order chi connectivity index (χ0) is 32.2. The summed E-state index contributed by atoms with van der Waals surface area (Å²) in [5.74, 6) is 0.509. The molecule has 45 heavy (non-hydrogen) atoms. The van der Waals surface area contributed by atoms with Crippen molar-refractivity contribution in [3.05, 3.63) is 96.1 Å². The summed E-state index contributed by atoms with van der Waals surface area (Å²) < 4.78 is 29.9. The number of carbonyl (C=O) groups excluding carboxylic acids is 1. The first-order chi connectivity index (χ1) is 21.7. The minimum atomic E-state index is -3.95. The van der Waals surface area contributed by atoms with Crippen LogP contribution in [0.5, 0.6) is 0 Å². The Hall–Kier alpha value is -3.57. The molecule has 4 rings (SSSR count). The lowest BCUT2D eigenvalue weighted by Crippen LogP contribution is -2.47. The van der Waals surface area contributed by atoms with E-state index in [0.717, 1.165) is 60.2 Å². The maximum Gasteiger partial charge on any atom is 0.241 e. The van der Waals surface area contributed by atoms with Gasteiger partial charge >= 0.3 is 0 Å². The Kier molecular flexibility index (Phi) is 12.7. The third kappa shape index (κ3) is 9.71. The van der Waals surface area contributed by atoms with Crippen LogP contribution in [-0.2, 0) is 21.4 Å². The Labute approximate surface area is 268 Å². The van der Waals surface area contributed by atoms with Gasteiger partial charge in [0.05, 0.1) is 17.0 Å². The zero-order valence-electron chi connectivity index (χ0n) is 26.9. The van der Waals surface area contributed by atoms with Gasteiger partial charge in [-0.2, -0.15) is 4.72 Å². The maximum atomic E-state index is 13.7. The van der Waals surface area contributed by atoms with Crippen molar-refractivity contribution in [3.63, 3.8) is 0 Å². The van der Waals surface area contributed by atoms with Gasteiger partial charge in [-0.15, -0.1) is 0 Å². The van der Waals surface area contributed by atoms with Crippen LogP contribution in [0.3, 0.4) is 0 Å². The number of amides is 1. The van der Waals surface area contributed by atoms with Crippen LogP contribution in [0.4, 0.5) is 0 Å². The Morgan fingerprint density at radius 2 is 1.62 bits per heavy atom. The molecule has 0 aliphatic rings. The molecule has 1 aromatic heterocycles. The molecule has 3 aromatic carbocycles. The molecule has 242 valence electrons. The zero-order valence-corrected chi connectivity index (χ0v) is 27.7. The van der Waals surface area contributed by atoms with Crippen LogP contribution in [-0.4, -0.2) is 54.9 Å². The third-order valence-corrected chi connectivity index (χ3v) is 9.57. The van der Waals surface area contributed by atoms with Crippen LogP contribution in [0.1, 0.15) is 82.4 Å². The average Bonchev–Trinajstić information content (AvgIpc) is 3.59. The van der Waals surface area contributed by atoms with Gasteiger partial charge in [0.1, 0.15) is 11.9 Å². The van der Waals surface area contributed by atoms with Gasteiger partial charge in [0.2, 0.25) is 15.9 Å². The number of fused-ring (bicyclic) bond motifs is 1. The number of rotatable bonds is 18. The number of aromatic nitrogens is 2. The van der Waals surface area contributed by atoms with Crippen molar-refractivity contribution in [3.8, 4) is 0 Å². The predicted molar refractivity (Wildman–Crippen MR) is 181 cm³/mol. The van der Waals surface area contributed by atoms with Crippen LogP contribution in [0, 0.1) is 0 Å². The molecule has 0 bridgehead atoms. The number of H-pyrrole nitrogens is 1. The van der Waals surface area contributed by atoms with E-state index in [4.69, 9.17) is 0 Å². The molecule has 0 aliphatic heterocycles. The highest BCUT2D eigenvalue weighted by Gasteiger charge is 2.27. The van der Waals surface area contributed by atoms with Crippen molar-refractivity contribution < 1.29 is 13.2 Å². The van der Waals surface area contributed by atoms with E-state index in [1.165, 1.54) is 0 Å². The van der Waals surface area contributed by atoms with E-state index >= 15 is 0 Å². The molecule has 1 unspecified atom stereocenters. The summed E-state index contributed by atoms with van der Waals surface area (Å²) in [5, 5.41) is 8.64. The van der Waals surface area contributed by atoms with Crippen LogP contribution in [0.25, 0.3) is 10.8 Å². The molecular formula is C35H48N6O3S. The number of imidazole rings is 1. The van der Waals surface area contributed by atoms with Gasteiger partial charge in [0, 0.05) is 18.9 Å². The summed E-state index contributed by atoms with van der Waals surface area (Å²) in [6.07, 6.45) is 6.68. The smallest absolute Gasteiger partial charge is 0.241 e. The summed E-state index contributed by atoms with van der Waals surface area (Å²) in [5.41, 5.74) is 1.93. The van der Waals surface area contributed by atoms with Gasteiger partial charge in [-0.3, -0.25) is 4.79 Å². The largest absolute Gasteiger partial charge is 0.348 e. The standard InChI is InChI=1S/C35H48N6O3S/c1-5-22-41(23-6-2)24-10-15-33(35(42)39-26(3)31-14-9-12-29-11-7-8-13-32(29)31)40-45(43,44)30-18-16-28(17-19-30)25-38-27(4)34-36-20-21-37-34/h7-9,11-14,16-21,26-27,33,38,40H,5-6,10,15,22-25H2,1-4H3,(H,36,37)(H,39,42)/t26-,27?,33-/m0/s1. The van der Waals surface area contributed by atoms with Crippen molar-refractivity contribution in [1.82, 2.24) is 30.2 Å². The second-order valence-electron chi connectivity index (χ2n) is 11.7. The molecule has 1 amide bonds. The summed E-state index contributed by atoms with van der Waals surface area (Å²) >= 11 is 0. The molecule has 4 aromatic rings. The highest BCUT2D eigenvalue weighted by atomic mass is 32.2. The third-order valence-electron chi connectivity index (χ3n) is 8.08. The molecule has 10 heteroatoms. The number of benzene rings is 3. The number of hydrogen-bond acceptors (Lipinski definition) is 6. The van der Waals surface area contributed by atoms with Gasteiger partial charge < -0.3 is 20.5 Å². The molecule has 9 nitrogen and oxygen atoms in total. The molecule has 1 heterocycles. The first-order valence-electron chi connectivity index (χ1n) is 16.1. The first kappa shape index (κ1) is 34.3. The number of nitrogens with zero attached hydrogens (tertiary/aromatic N) is 2. The van der Waals surface area contributed by atoms with E-state index in [2.05, 4.69) is 44.1 Å². The van der Waals surface area contributed by atoms with Crippen LogP contribution < -0.4 is 15.4 Å². The second kappa shape index (κ2) is 16.7. The Bertz CT molecular complexity index is 1580. The topological polar surface area (TPSA) is 119 Å². The lowest BCUT2D eigenvalue weighted by molar-refractivity contribution is -0.123. The van der Waals surface area contributed by atoms with Crippen molar-refractivity contribution in [1.29, 1.82) is 0 Å². The number of nitrogens with one attached hydrogen (secondary N) is 4. The van der Waals surface area contributed by atoms with Crippen LogP contribution in [0.2, 0.25) is 0 Å². The Morgan fingerprint density at radius 1 is 0.911 bits per heavy atom. The minimum absolute atomic E-state index is 0.0196. The van der Waals surface area contributed by atoms with Gasteiger partial charge in [-0.1, -0.05) is 68.4 Å². The van der Waals surface area contributed by atoms with Crippen molar-refractivity contribution in [2.45, 2.75) is 82.9 Å². The summed E-state index contributed by atoms with van der Waals surface area (Å²) in [6.45, 7) is 11.6. The molecule has 3 atom stereocenters. The van der Waals surface area contributed by atoms with Gasteiger partial charge in [-0.05, 0) is 93.2 Å². The van der Waals surface area contributed by atoms with Crippen molar-refractivity contribution in [2.24, 2.45) is 0 Å². The number of sulfonamides is 1. The van der Waals surface area contributed by atoms with E-state index in [-0.39, 0.29) is 22.9 Å². The van der Waals surface area contributed by atoms with Crippen molar-refractivity contribution in [2.75, 3.05) is 19.6 Å². The summed E-state index contributed by atoms with van der Waals surface area (Å²) in [6, 6.07) is 19.7. The fourth-order valence-electron chi connectivity index (χ4n) is 5.67. The molecular weight excluding hydrogens is 584 g/mol. The molecule has 0 saturated carbocycles. The number of carbonyl (C=O) groups is 1. The molecule has 0 radical (unpaired) electrons. The number of hydrogen-bond donors (Lipinski definition) is 4. The summed E-state index contributed by atoms with van der Waals surface area (Å²) in [4.78, 5) is 23.6. The van der Waals surface area contributed by atoms with Gasteiger partial charge in [-0.25, -0.2) is 13.4 Å². The van der Waals surface area contributed by atoms with E-state index in [1.807, 2.05) is 56.3 Å². The van der Waals surface area contributed by atoms with E-state index in [1.54, 1.807) is 36.7 Å². The van der Waals surface area contributed by atoms with Gasteiger partial charge in [0.15, 0.2) is 0 Å². The SMILES string of the molecule is CCCN(CCC)CCC[C@H](NS(=O)(=O)c1ccc(CNC(C)c2ncc[nH]2)cc1)C(=O)N[C@@H](C)c1cccc2ccccc12. The second-order valence-corrected chi connectivity index (χ2v) is 13.4.